The standard InChI is InChI=1S/C26H32N2O/c1-2-9-19(10-3-1)17-22-18-29-26(27-22)24-16-8-15-23(28-24)25(20-11-4-5-12-20)21-13-6-7-14-21/h1-3,8-10,15-16,20-22,25H,4-7,11-14,17-18H2. The summed E-state index contributed by atoms with van der Waals surface area (Å²) in [6.45, 7) is 0.658. The third-order valence-electron chi connectivity index (χ3n) is 7.17. The molecule has 5 rings (SSSR count). The Labute approximate surface area is 174 Å². The second-order valence-corrected chi connectivity index (χ2v) is 9.15. The van der Waals surface area contributed by atoms with Gasteiger partial charge in [-0.2, -0.15) is 0 Å². The van der Waals surface area contributed by atoms with Crippen LogP contribution >= 0.6 is 0 Å². The zero-order valence-corrected chi connectivity index (χ0v) is 17.3. The Morgan fingerprint density at radius 1 is 0.828 bits per heavy atom. The summed E-state index contributed by atoms with van der Waals surface area (Å²) in [6.07, 6.45) is 12.0. The molecule has 1 aromatic heterocycles. The highest BCUT2D eigenvalue weighted by Gasteiger charge is 2.35. The molecule has 2 fully saturated rings. The van der Waals surface area contributed by atoms with E-state index in [1.54, 1.807) is 0 Å². The molecule has 1 atom stereocenters. The Kier molecular flexibility index (Phi) is 5.64. The fraction of sp³-hybridized carbons (Fsp3) is 0.538. The summed E-state index contributed by atoms with van der Waals surface area (Å²) in [5, 5.41) is 0. The molecule has 2 aromatic rings. The molecule has 0 N–H and O–H groups in total. The molecule has 0 bridgehead atoms. The van der Waals surface area contributed by atoms with Crippen LogP contribution in [0.1, 0.15) is 74.2 Å². The topological polar surface area (TPSA) is 34.5 Å². The largest absolute Gasteiger partial charge is 0.474 e. The van der Waals surface area contributed by atoms with Gasteiger partial charge in [0.25, 0.3) is 0 Å². The van der Waals surface area contributed by atoms with E-state index in [0.717, 1.165) is 29.8 Å². The highest BCUT2D eigenvalue weighted by molar-refractivity contribution is 5.93. The first-order valence-electron chi connectivity index (χ1n) is 11.6. The Hall–Kier alpha value is -2.16. The van der Waals surface area contributed by atoms with Crippen molar-refractivity contribution in [3.05, 3.63) is 65.5 Å². The lowest BCUT2D eigenvalue weighted by Crippen LogP contribution is -2.20. The van der Waals surface area contributed by atoms with Gasteiger partial charge in [-0.1, -0.05) is 62.1 Å². The van der Waals surface area contributed by atoms with Gasteiger partial charge in [-0.3, -0.25) is 0 Å². The number of benzene rings is 1. The molecule has 1 aromatic carbocycles. The average molecular weight is 389 g/mol. The van der Waals surface area contributed by atoms with Crippen molar-refractivity contribution >= 4 is 5.90 Å². The SMILES string of the molecule is c1ccc(CC2COC(c3cccc(C(C4CCCC4)C4CCCC4)n3)=N2)cc1. The first-order chi connectivity index (χ1) is 14.4. The van der Waals surface area contributed by atoms with Crippen molar-refractivity contribution in [2.24, 2.45) is 16.8 Å². The first kappa shape index (κ1) is 18.8. The van der Waals surface area contributed by atoms with Crippen LogP contribution in [-0.2, 0) is 11.2 Å². The molecule has 3 aliphatic rings. The van der Waals surface area contributed by atoms with E-state index in [-0.39, 0.29) is 6.04 Å². The van der Waals surface area contributed by atoms with Gasteiger partial charge in [0, 0.05) is 11.6 Å². The van der Waals surface area contributed by atoms with Crippen LogP contribution in [0, 0.1) is 11.8 Å². The second-order valence-electron chi connectivity index (χ2n) is 9.15. The third-order valence-corrected chi connectivity index (χ3v) is 7.17. The Balaban J connectivity index is 1.36. The molecular formula is C26H32N2O. The zero-order chi connectivity index (χ0) is 19.5. The quantitative estimate of drug-likeness (QED) is 0.614. The minimum atomic E-state index is 0.193. The number of ether oxygens (including phenoxy) is 1. The van der Waals surface area contributed by atoms with Crippen LogP contribution in [-0.4, -0.2) is 23.5 Å². The van der Waals surface area contributed by atoms with E-state index in [2.05, 4.69) is 48.5 Å². The Bertz CT molecular complexity index is 819. The van der Waals surface area contributed by atoms with Crippen molar-refractivity contribution in [3.63, 3.8) is 0 Å². The van der Waals surface area contributed by atoms with E-state index >= 15 is 0 Å². The summed E-state index contributed by atoms with van der Waals surface area (Å²) >= 11 is 0. The molecule has 0 radical (unpaired) electrons. The highest BCUT2D eigenvalue weighted by atomic mass is 16.5. The summed E-state index contributed by atoms with van der Waals surface area (Å²) in [4.78, 5) is 10.0. The predicted molar refractivity (Wildman–Crippen MR) is 117 cm³/mol. The van der Waals surface area contributed by atoms with Crippen LogP contribution in [0.5, 0.6) is 0 Å². The number of pyridine rings is 1. The van der Waals surface area contributed by atoms with Crippen molar-refractivity contribution < 1.29 is 4.74 Å². The fourth-order valence-corrected chi connectivity index (χ4v) is 5.80. The van der Waals surface area contributed by atoms with Crippen LogP contribution in [0.2, 0.25) is 0 Å². The molecule has 3 heteroatoms. The van der Waals surface area contributed by atoms with Crippen molar-refractivity contribution in [2.45, 2.75) is 69.7 Å². The Morgan fingerprint density at radius 3 is 2.21 bits per heavy atom. The van der Waals surface area contributed by atoms with Crippen LogP contribution in [0.4, 0.5) is 0 Å². The van der Waals surface area contributed by atoms with Gasteiger partial charge in [-0.05, 0) is 61.6 Å². The monoisotopic (exact) mass is 388 g/mol. The van der Waals surface area contributed by atoms with Gasteiger partial charge in [0.1, 0.15) is 12.3 Å². The summed E-state index contributed by atoms with van der Waals surface area (Å²) in [5.74, 6) is 3.00. The summed E-state index contributed by atoms with van der Waals surface area (Å²) in [7, 11) is 0. The van der Waals surface area contributed by atoms with E-state index in [9.17, 15) is 0 Å². The van der Waals surface area contributed by atoms with Crippen molar-refractivity contribution in [1.29, 1.82) is 0 Å². The van der Waals surface area contributed by atoms with Crippen LogP contribution < -0.4 is 0 Å². The number of rotatable bonds is 6. The lowest BCUT2D eigenvalue weighted by molar-refractivity contribution is 0.307. The number of hydrogen-bond acceptors (Lipinski definition) is 3. The third kappa shape index (κ3) is 4.24. The van der Waals surface area contributed by atoms with Gasteiger partial charge in [0.15, 0.2) is 0 Å². The van der Waals surface area contributed by atoms with Gasteiger partial charge in [-0.25, -0.2) is 9.98 Å². The molecule has 29 heavy (non-hydrogen) atoms. The average Bonchev–Trinajstić information content (AvgIpc) is 3.53. The van der Waals surface area contributed by atoms with Crippen LogP contribution in [0.25, 0.3) is 0 Å². The highest BCUT2D eigenvalue weighted by Crippen LogP contribution is 2.46. The second kappa shape index (κ2) is 8.69. The summed E-state index contributed by atoms with van der Waals surface area (Å²) in [5.41, 5.74) is 3.54. The van der Waals surface area contributed by atoms with Gasteiger partial charge in [-0.15, -0.1) is 0 Å². The number of aromatic nitrogens is 1. The molecule has 2 aliphatic carbocycles. The predicted octanol–water partition coefficient (Wildman–Crippen LogP) is 5.93. The van der Waals surface area contributed by atoms with Gasteiger partial charge in [0.05, 0.1) is 6.04 Å². The van der Waals surface area contributed by atoms with Gasteiger partial charge < -0.3 is 4.74 Å². The lowest BCUT2D eigenvalue weighted by atomic mass is 9.77. The van der Waals surface area contributed by atoms with E-state index in [0.29, 0.717) is 12.5 Å². The maximum absolute atomic E-state index is 6.00. The minimum absolute atomic E-state index is 0.193. The van der Waals surface area contributed by atoms with Crippen molar-refractivity contribution in [3.8, 4) is 0 Å². The molecule has 152 valence electrons. The fourth-order valence-electron chi connectivity index (χ4n) is 5.80. The first-order valence-corrected chi connectivity index (χ1v) is 11.6. The van der Waals surface area contributed by atoms with E-state index in [1.165, 1.54) is 62.6 Å². The molecule has 3 nitrogen and oxygen atoms in total. The molecule has 2 saturated carbocycles. The van der Waals surface area contributed by atoms with E-state index in [1.807, 2.05) is 0 Å². The Morgan fingerprint density at radius 2 is 1.52 bits per heavy atom. The number of nitrogens with zero attached hydrogens (tertiary/aromatic N) is 2. The molecule has 0 amide bonds. The maximum atomic E-state index is 6.00. The van der Waals surface area contributed by atoms with Crippen molar-refractivity contribution in [1.82, 2.24) is 4.98 Å². The van der Waals surface area contributed by atoms with Gasteiger partial charge in [0.2, 0.25) is 5.90 Å². The van der Waals surface area contributed by atoms with Crippen molar-refractivity contribution in [2.75, 3.05) is 6.61 Å². The molecule has 1 aliphatic heterocycles. The number of hydrogen-bond donors (Lipinski definition) is 0. The number of aliphatic imine (C=N–C) groups is 1. The molecular weight excluding hydrogens is 356 g/mol. The molecule has 0 saturated heterocycles. The minimum Gasteiger partial charge on any atom is -0.474 e. The van der Waals surface area contributed by atoms with Crippen LogP contribution in [0.15, 0.2) is 53.5 Å². The van der Waals surface area contributed by atoms with E-state index in [4.69, 9.17) is 14.7 Å². The zero-order valence-electron chi connectivity index (χ0n) is 17.3. The summed E-state index contributed by atoms with van der Waals surface area (Å²) < 4.78 is 6.00. The van der Waals surface area contributed by atoms with E-state index < -0.39 is 0 Å². The maximum Gasteiger partial charge on any atom is 0.235 e. The lowest BCUT2D eigenvalue weighted by Gasteiger charge is -2.29. The molecule has 2 heterocycles. The molecule has 1 unspecified atom stereocenters. The molecule has 0 spiro atoms. The van der Waals surface area contributed by atoms with Gasteiger partial charge >= 0.3 is 0 Å². The summed E-state index contributed by atoms with van der Waals surface area (Å²) in [6, 6.07) is 17.3. The smallest absolute Gasteiger partial charge is 0.235 e. The van der Waals surface area contributed by atoms with Crippen LogP contribution in [0.3, 0.4) is 0 Å². The normalized spacial score (nSPS) is 22.9.